The van der Waals surface area contributed by atoms with Gasteiger partial charge in [-0.25, -0.2) is 13.1 Å². The van der Waals surface area contributed by atoms with Crippen molar-refractivity contribution in [2.45, 2.75) is 63.1 Å². The number of hydrogen-bond acceptors (Lipinski definition) is 4. The summed E-state index contributed by atoms with van der Waals surface area (Å²) in [6, 6.07) is 0.440. The molecule has 0 aromatic rings. The number of rotatable bonds is 5. The summed E-state index contributed by atoms with van der Waals surface area (Å²) in [6.45, 7) is 5.26. The maximum absolute atomic E-state index is 11.3. The second-order valence-corrected chi connectivity index (χ2v) is 8.46. The Labute approximate surface area is 116 Å². The molecule has 0 aromatic heterocycles. The maximum atomic E-state index is 11.3. The van der Waals surface area contributed by atoms with E-state index in [2.05, 4.69) is 10.0 Å². The molecule has 1 spiro atoms. The maximum Gasteiger partial charge on any atom is 0.209 e. The summed E-state index contributed by atoms with van der Waals surface area (Å²) in [5, 5.41) is 3.50. The van der Waals surface area contributed by atoms with Gasteiger partial charge in [-0.1, -0.05) is 0 Å². The highest BCUT2D eigenvalue weighted by Crippen LogP contribution is 2.42. The molecule has 1 unspecified atom stereocenters. The SMILES string of the molecule is CC(C)(CNC1CCOC2(CCC2)C1)NS(C)(=O)=O. The van der Waals surface area contributed by atoms with Crippen LogP contribution in [0.4, 0.5) is 0 Å². The summed E-state index contributed by atoms with van der Waals surface area (Å²) in [5.41, 5.74) is -0.330. The van der Waals surface area contributed by atoms with Crippen LogP contribution in [0.5, 0.6) is 0 Å². The first-order chi connectivity index (χ1) is 8.70. The van der Waals surface area contributed by atoms with Gasteiger partial charge in [0.2, 0.25) is 10.0 Å². The normalized spacial score (nSPS) is 27.2. The molecule has 2 rings (SSSR count). The lowest BCUT2D eigenvalue weighted by Crippen LogP contribution is -2.55. The summed E-state index contributed by atoms with van der Waals surface area (Å²) in [5.74, 6) is 0. The summed E-state index contributed by atoms with van der Waals surface area (Å²) in [6.07, 6.45) is 6.89. The molecule has 19 heavy (non-hydrogen) atoms. The molecule has 1 heterocycles. The van der Waals surface area contributed by atoms with E-state index in [1.54, 1.807) is 0 Å². The fraction of sp³-hybridized carbons (Fsp3) is 1.00. The summed E-state index contributed by atoms with van der Waals surface area (Å²) in [7, 11) is -3.17. The minimum atomic E-state index is -3.17. The van der Waals surface area contributed by atoms with E-state index in [1.165, 1.54) is 25.5 Å². The fourth-order valence-electron chi connectivity index (χ4n) is 3.06. The zero-order chi connectivity index (χ0) is 14.1. The van der Waals surface area contributed by atoms with Crippen LogP contribution in [0.25, 0.3) is 0 Å². The van der Waals surface area contributed by atoms with Gasteiger partial charge in [-0.3, -0.25) is 0 Å². The minimum absolute atomic E-state index is 0.129. The lowest BCUT2D eigenvalue weighted by atomic mass is 9.74. The number of nitrogens with one attached hydrogen (secondary N) is 2. The van der Waals surface area contributed by atoms with Crippen LogP contribution in [0.1, 0.15) is 46.0 Å². The first kappa shape index (κ1) is 15.2. The molecule has 5 nitrogen and oxygen atoms in total. The predicted octanol–water partition coefficient (Wildman–Crippen LogP) is 1.01. The van der Waals surface area contributed by atoms with Gasteiger partial charge in [0.25, 0.3) is 0 Å². The first-order valence-corrected chi connectivity index (χ1v) is 8.95. The van der Waals surface area contributed by atoms with E-state index >= 15 is 0 Å². The fourth-order valence-corrected chi connectivity index (χ4v) is 4.13. The molecule has 1 saturated carbocycles. The standard InChI is InChI=1S/C13H26N2O3S/c1-12(2,15-19(3,16)17)10-14-11-5-8-18-13(9-11)6-4-7-13/h11,14-15H,4-10H2,1-3H3. The van der Waals surface area contributed by atoms with E-state index in [0.717, 1.165) is 19.4 Å². The Bertz CT molecular complexity index is 416. The van der Waals surface area contributed by atoms with Gasteiger partial charge in [0.15, 0.2) is 0 Å². The van der Waals surface area contributed by atoms with Gasteiger partial charge in [-0.2, -0.15) is 0 Å². The molecule has 0 bridgehead atoms. The van der Waals surface area contributed by atoms with Crippen molar-refractivity contribution in [1.29, 1.82) is 0 Å². The zero-order valence-electron chi connectivity index (χ0n) is 12.2. The van der Waals surface area contributed by atoms with E-state index in [4.69, 9.17) is 4.74 Å². The Hall–Kier alpha value is -0.170. The van der Waals surface area contributed by atoms with Crippen molar-refractivity contribution in [3.63, 3.8) is 0 Å². The molecule has 2 N–H and O–H groups in total. The third-order valence-corrected chi connectivity index (χ3v) is 4.98. The molecule has 1 aliphatic carbocycles. The second-order valence-electron chi connectivity index (χ2n) is 6.71. The molecule has 2 aliphatic rings. The molecule has 1 aliphatic heterocycles. The van der Waals surface area contributed by atoms with Crippen LogP contribution in [-0.2, 0) is 14.8 Å². The van der Waals surface area contributed by atoms with Gasteiger partial charge >= 0.3 is 0 Å². The van der Waals surface area contributed by atoms with Gasteiger partial charge in [-0.15, -0.1) is 0 Å². The van der Waals surface area contributed by atoms with Crippen LogP contribution in [0.3, 0.4) is 0 Å². The van der Waals surface area contributed by atoms with Crippen molar-refractivity contribution >= 4 is 10.0 Å². The van der Waals surface area contributed by atoms with Crippen molar-refractivity contribution < 1.29 is 13.2 Å². The lowest BCUT2D eigenvalue weighted by Gasteiger charge is -2.47. The smallest absolute Gasteiger partial charge is 0.209 e. The summed E-state index contributed by atoms with van der Waals surface area (Å²) < 4.78 is 31.2. The van der Waals surface area contributed by atoms with Crippen molar-refractivity contribution in [1.82, 2.24) is 10.0 Å². The van der Waals surface area contributed by atoms with Crippen LogP contribution < -0.4 is 10.0 Å². The van der Waals surface area contributed by atoms with Crippen LogP contribution in [0, 0.1) is 0 Å². The lowest BCUT2D eigenvalue weighted by molar-refractivity contribution is -0.135. The molecule has 112 valence electrons. The predicted molar refractivity (Wildman–Crippen MR) is 75.6 cm³/mol. The topological polar surface area (TPSA) is 67.4 Å². The van der Waals surface area contributed by atoms with Crippen molar-refractivity contribution in [3.8, 4) is 0 Å². The summed E-state index contributed by atoms with van der Waals surface area (Å²) in [4.78, 5) is 0. The van der Waals surface area contributed by atoms with Crippen molar-refractivity contribution in [2.24, 2.45) is 0 Å². The highest BCUT2D eigenvalue weighted by molar-refractivity contribution is 7.88. The highest BCUT2D eigenvalue weighted by Gasteiger charge is 2.42. The second kappa shape index (κ2) is 5.31. The first-order valence-electron chi connectivity index (χ1n) is 7.06. The quantitative estimate of drug-likeness (QED) is 0.793. The Balaban J connectivity index is 1.81. The van der Waals surface area contributed by atoms with E-state index in [9.17, 15) is 8.42 Å². The monoisotopic (exact) mass is 290 g/mol. The highest BCUT2D eigenvalue weighted by atomic mass is 32.2. The van der Waals surface area contributed by atoms with Gasteiger partial charge in [-0.05, 0) is 46.0 Å². The van der Waals surface area contributed by atoms with Gasteiger partial charge in [0, 0.05) is 24.7 Å². The molecular formula is C13H26N2O3S. The molecule has 6 heteroatoms. The Kier molecular flexibility index (Phi) is 4.26. The third kappa shape index (κ3) is 4.41. The Morgan fingerprint density at radius 2 is 2.05 bits per heavy atom. The van der Waals surface area contributed by atoms with Crippen LogP contribution >= 0.6 is 0 Å². The average Bonchev–Trinajstić information content (AvgIpc) is 2.22. The van der Waals surface area contributed by atoms with Crippen molar-refractivity contribution in [2.75, 3.05) is 19.4 Å². The molecule has 1 atom stereocenters. The molecule has 0 radical (unpaired) electrons. The van der Waals surface area contributed by atoms with E-state index in [0.29, 0.717) is 12.6 Å². The molecular weight excluding hydrogens is 264 g/mol. The van der Waals surface area contributed by atoms with E-state index in [-0.39, 0.29) is 5.60 Å². The van der Waals surface area contributed by atoms with Crippen LogP contribution in [0.15, 0.2) is 0 Å². The minimum Gasteiger partial charge on any atom is -0.375 e. The average molecular weight is 290 g/mol. The van der Waals surface area contributed by atoms with Crippen molar-refractivity contribution in [3.05, 3.63) is 0 Å². The molecule has 2 fully saturated rings. The van der Waals surface area contributed by atoms with Crippen LogP contribution in [0.2, 0.25) is 0 Å². The van der Waals surface area contributed by atoms with Gasteiger partial charge < -0.3 is 10.1 Å². The third-order valence-electron chi connectivity index (χ3n) is 4.05. The Morgan fingerprint density at radius 1 is 1.37 bits per heavy atom. The van der Waals surface area contributed by atoms with Crippen LogP contribution in [-0.4, -0.2) is 45.0 Å². The molecule has 0 amide bonds. The largest absolute Gasteiger partial charge is 0.375 e. The summed E-state index contributed by atoms with van der Waals surface area (Å²) >= 11 is 0. The van der Waals surface area contributed by atoms with E-state index < -0.39 is 15.6 Å². The van der Waals surface area contributed by atoms with Gasteiger partial charge in [0.1, 0.15) is 0 Å². The number of ether oxygens (including phenoxy) is 1. The zero-order valence-corrected chi connectivity index (χ0v) is 13.0. The molecule has 1 saturated heterocycles. The number of sulfonamides is 1. The number of hydrogen-bond donors (Lipinski definition) is 2. The van der Waals surface area contributed by atoms with E-state index in [1.807, 2.05) is 13.8 Å². The van der Waals surface area contributed by atoms with Gasteiger partial charge in [0.05, 0.1) is 11.9 Å². The Morgan fingerprint density at radius 3 is 2.58 bits per heavy atom. The molecule has 0 aromatic carbocycles.